The summed E-state index contributed by atoms with van der Waals surface area (Å²) in [7, 11) is 0. The lowest BCUT2D eigenvalue weighted by molar-refractivity contribution is -0.122. The highest BCUT2D eigenvalue weighted by Crippen LogP contribution is 2.24. The van der Waals surface area contributed by atoms with Gasteiger partial charge in [0.15, 0.2) is 6.10 Å². The van der Waals surface area contributed by atoms with Crippen molar-refractivity contribution in [2.75, 3.05) is 5.32 Å². The van der Waals surface area contributed by atoms with Crippen LogP contribution in [-0.2, 0) is 11.3 Å². The zero-order valence-corrected chi connectivity index (χ0v) is 14.5. The van der Waals surface area contributed by atoms with E-state index in [9.17, 15) is 4.79 Å². The minimum atomic E-state index is -0.694. The van der Waals surface area contributed by atoms with Crippen molar-refractivity contribution in [2.24, 2.45) is 0 Å². The number of benzene rings is 2. The van der Waals surface area contributed by atoms with Gasteiger partial charge in [0, 0.05) is 6.07 Å². The van der Waals surface area contributed by atoms with Gasteiger partial charge < -0.3 is 10.1 Å². The summed E-state index contributed by atoms with van der Waals surface area (Å²) in [6, 6.07) is 18.7. The van der Waals surface area contributed by atoms with Crippen molar-refractivity contribution in [1.29, 1.82) is 0 Å². The Labute approximate surface area is 151 Å². The number of halogens is 1. The highest BCUT2D eigenvalue weighted by Gasteiger charge is 2.17. The molecule has 1 N–H and O–H groups in total. The summed E-state index contributed by atoms with van der Waals surface area (Å²) < 4.78 is 7.37. The molecule has 0 unspecified atom stereocenters. The van der Waals surface area contributed by atoms with Crippen LogP contribution < -0.4 is 10.1 Å². The van der Waals surface area contributed by atoms with E-state index >= 15 is 0 Å². The van der Waals surface area contributed by atoms with Crippen LogP contribution >= 0.6 is 11.6 Å². The van der Waals surface area contributed by atoms with Crippen LogP contribution in [0, 0.1) is 0 Å². The molecule has 0 saturated carbocycles. The molecule has 0 spiro atoms. The second kappa shape index (κ2) is 7.85. The van der Waals surface area contributed by atoms with Crippen molar-refractivity contribution < 1.29 is 9.53 Å². The van der Waals surface area contributed by atoms with Gasteiger partial charge in [-0.05, 0) is 24.6 Å². The van der Waals surface area contributed by atoms with Gasteiger partial charge >= 0.3 is 0 Å². The fourth-order valence-corrected chi connectivity index (χ4v) is 2.51. The molecule has 0 aliphatic rings. The van der Waals surface area contributed by atoms with E-state index in [2.05, 4.69) is 10.4 Å². The molecule has 5 nitrogen and oxygen atoms in total. The van der Waals surface area contributed by atoms with Crippen LogP contribution in [0.3, 0.4) is 0 Å². The molecule has 1 amide bonds. The normalized spacial score (nSPS) is 11.8. The lowest BCUT2D eigenvalue weighted by atomic mass is 10.2. The third kappa shape index (κ3) is 4.39. The third-order valence-corrected chi connectivity index (χ3v) is 3.96. The quantitative estimate of drug-likeness (QED) is 0.727. The lowest BCUT2D eigenvalue weighted by Gasteiger charge is -2.16. The van der Waals surface area contributed by atoms with Gasteiger partial charge in [-0.1, -0.05) is 54.1 Å². The number of hydrogen-bond acceptors (Lipinski definition) is 3. The first-order valence-corrected chi connectivity index (χ1v) is 8.29. The summed E-state index contributed by atoms with van der Waals surface area (Å²) in [5.74, 6) is 0.822. The van der Waals surface area contributed by atoms with E-state index < -0.39 is 6.10 Å². The van der Waals surface area contributed by atoms with Crippen LogP contribution in [0.2, 0.25) is 5.02 Å². The maximum Gasteiger partial charge on any atom is 0.266 e. The van der Waals surface area contributed by atoms with Gasteiger partial charge in [0.25, 0.3) is 5.91 Å². The Bertz CT molecular complexity index is 849. The smallest absolute Gasteiger partial charge is 0.266 e. The molecular weight excluding hydrogens is 338 g/mol. The molecule has 25 heavy (non-hydrogen) atoms. The first kappa shape index (κ1) is 17.0. The maximum absolute atomic E-state index is 12.4. The third-order valence-electron chi connectivity index (χ3n) is 3.65. The Balaban J connectivity index is 1.65. The highest BCUT2D eigenvalue weighted by atomic mass is 35.5. The van der Waals surface area contributed by atoms with E-state index in [1.165, 1.54) is 0 Å². The zero-order valence-electron chi connectivity index (χ0n) is 13.7. The number of carbonyl (C=O) groups is 1. The molecule has 1 atom stereocenters. The lowest BCUT2D eigenvalue weighted by Crippen LogP contribution is -2.31. The number of hydrogen-bond donors (Lipinski definition) is 1. The van der Waals surface area contributed by atoms with Crippen molar-refractivity contribution in [3.05, 3.63) is 77.4 Å². The van der Waals surface area contributed by atoms with E-state index in [0.717, 1.165) is 5.56 Å². The highest BCUT2D eigenvalue weighted by molar-refractivity contribution is 6.32. The van der Waals surface area contributed by atoms with Crippen molar-refractivity contribution in [3.8, 4) is 5.75 Å². The molecule has 1 aromatic heterocycles. The Morgan fingerprint density at radius 2 is 1.88 bits per heavy atom. The predicted octanol–water partition coefficient (Wildman–Crippen LogP) is 3.99. The Morgan fingerprint density at radius 3 is 2.64 bits per heavy atom. The molecule has 128 valence electrons. The average Bonchev–Trinajstić information content (AvgIpc) is 3.04. The fraction of sp³-hybridized carbons (Fsp3) is 0.158. The molecule has 3 rings (SSSR count). The molecule has 0 radical (unpaired) electrons. The predicted molar refractivity (Wildman–Crippen MR) is 97.9 cm³/mol. The van der Waals surface area contributed by atoms with E-state index in [4.69, 9.17) is 16.3 Å². The van der Waals surface area contributed by atoms with Gasteiger partial charge in [-0.25, -0.2) is 4.68 Å². The summed E-state index contributed by atoms with van der Waals surface area (Å²) in [6.45, 7) is 2.25. The molecule has 0 fully saturated rings. The number of carbonyl (C=O) groups excluding carboxylic acids is 1. The van der Waals surface area contributed by atoms with E-state index in [0.29, 0.717) is 23.1 Å². The minimum Gasteiger partial charge on any atom is -0.479 e. The standard InChI is InChI=1S/C19H18ClN3O2/c1-14(25-17-10-6-5-9-16(17)20)19(24)22-18-11-12-21-23(18)13-15-7-3-2-4-8-15/h2-12,14H,13H2,1H3,(H,22,24)/t14-/m0/s1. The molecule has 1 heterocycles. The van der Waals surface area contributed by atoms with Crippen molar-refractivity contribution in [3.63, 3.8) is 0 Å². The van der Waals surface area contributed by atoms with Gasteiger partial charge in [0.05, 0.1) is 17.8 Å². The molecule has 6 heteroatoms. The summed E-state index contributed by atoms with van der Waals surface area (Å²) in [4.78, 5) is 12.4. The largest absolute Gasteiger partial charge is 0.479 e. The average molecular weight is 356 g/mol. The number of anilines is 1. The second-order valence-electron chi connectivity index (χ2n) is 5.54. The molecule has 0 aliphatic carbocycles. The number of nitrogens with one attached hydrogen (secondary N) is 1. The Morgan fingerprint density at radius 1 is 1.16 bits per heavy atom. The minimum absolute atomic E-state index is 0.269. The zero-order chi connectivity index (χ0) is 17.6. The Kier molecular flexibility index (Phi) is 5.36. The Hall–Kier alpha value is -2.79. The van der Waals surface area contributed by atoms with E-state index in [-0.39, 0.29) is 5.91 Å². The van der Waals surface area contributed by atoms with Gasteiger partial charge in [0.2, 0.25) is 0 Å². The van der Waals surface area contributed by atoms with Crippen molar-refractivity contribution >= 4 is 23.3 Å². The first-order valence-electron chi connectivity index (χ1n) is 7.91. The summed E-state index contributed by atoms with van der Waals surface area (Å²) in [5, 5.41) is 7.57. The van der Waals surface area contributed by atoms with Gasteiger partial charge in [0.1, 0.15) is 11.6 Å². The molecule has 2 aromatic carbocycles. The van der Waals surface area contributed by atoms with Gasteiger partial charge in [-0.15, -0.1) is 0 Å². The fourth-order valence-electron chi connectivity index (χ4n) is 2.33. The van der Waals surface area contributed by atoms with Gasteiger partial charge in [-0.3, -0.25) is 4.79 Å². The van der Waals surface area contributed by atoms with Crippen LogP contribution in [0.25, 0.3) is 0 Å². The van der Waals surface area contributed by atoms with Crippen molar-refractivity contribution in [1.82, 2.24) is 9.78 Å². The topological polar surface area (TPSA) is 56.1 Å². The van der Waals surface area contributed by atoms with Crippen LogP contribution in [0.4, 0.5) is 5.82 Å². The monoisotopic (exact) mass is 355 g/mol. The first-order chi connectivity index (χ1) is 12.1. The molecule has 0 bridgehead atoms. The summed E-state index contributed by atoms with van der Waals surface area (Å²) in [6.07, 6.45) is 0.956. The van der Waals surface area contributed by atoms with Crippen LogP contribution in [0.5, 0.6) is 5.75 Å². The number of para-hydroxylation sites is 1. The molecule has 0 saturated heterocycles. The van der Waals surface area contributed by atoms with Gasteiger partial charge in [-0.2, -0.15) is 5.10 Å². The number of amides is 1. The SMILES string of the molecule is C[C@H](Oc1ccccc1Cl)C(=O)Nc1ccnn1Cc1ccccc1. The van der Waals surface area contributed by atoms with Crippen LogP contribution in [0.1, 0.15) is 12.5 Å². The van der Waals surface area contributed by atoms with E-state index in [1.807, 2.05) is 36.4 Å². The van der Waals surface area contributed by atoms with E-state index in [1.54, 1.807) is 42.1 Å². The van der Waals surface area contributed by atoms with Crippen LogP contribution in [-0.4, -0.2) is 21.8 Å². The summed E-state index contributed by atoms with van der Waals surface area (Å²) >= 11 is 6.06. The molecular formula is C19H18ClN3O2. The number of rotatable bonds is 6. The van der Waals surface area contributed by atoms with Crippen LogP contribution in [0.15, 0.2) is 66.9 Å². The number of aromatic nitrogens is 2. The molecule has 3 aromatic rings. The molecule has 0 aliphatic heterocycles. The second-order valence-corrected chi connectivity index (χ2v) is 5.95. The number of ether oxygens (including phenoxy) is 1. The summed E-state index contributed by atoms with van der Waals surface area (Å²) in [5.41, 5.74) is 1.10. The van der Waals surface area contributed by atoms with Crippen molar-refractivity contribution in [2.45, 2.75) is 19.6 Å². The maximum atomic E-state index is 12.4. The number of nitrogens with zero attached hydrogens (tertiary/aromatic N) is 2.